The van der Waals surface area contributed by atoms with Gasteiger partial charge in [0.2, 0.25) is 21.8 Å². The number of aryl methyl sites for hydroxylation is 1. The summed E-state index contributed by atoms with van der Waals surface area (Å²) in [6, 6.07) is 11.6. The molecule has 0 bridgehead atoms. The normalized spacial score (nSPS) is 15.1. The number of hydrogen-bond acceptors (Lipinski definition) is 4. The lowest BCUT2D eigenvalue weighted by Gasteiger charge is -2.20. The summed E-state index contributed by atoms with van der Waals surface area (Å²) >= 11 is 6.18. The Morgan fingerprint density at radius 1 is 0.969 bits per heavy atom. The Bertz CT molecular complexity index is 1060. The maximum atomic E-state index is 12.9. The van der Waals surface area contributed by atoms with Crippen LogP contribution in [0.2, 0.25) is 5.02 Å². The van der Waals surface area contributed by atoms with Crippen LogP contribution in [0, 0.1) is 0 Å². The van der Waals surface area contributed by atoms with Crippen LogP contribution < -0.4 is 10.6 Å². The molecule has 172 valence electrons. The molecule has 1 aliphatic rings. The fourth-order valence-electron chi connectivity index (χ4n) is 3.63. The van der Waals surface area contributed by atoms with Gasteiger partial charge in [-0.15, -0.1) is 0 Å². The quantitative estimate of drug-likeness (QED) is 0.616. The molecule has 1 saturated heterocycles. The molecule has 2 amide bonds. The number of rotatable bonds is 7. The summed E-state index contributed by atoms with van der Waals surface area (Å²) in [5.74, 6) is -0.413. The monoisotopic (exact) mass is 477 g/mol. The molecule has 2 N–H and O–H groups in total. The lowest BCUT2D eigenvalue weighted by molar-refractivity contribution is -0.116. The van der Waals surface area contributed by atoms with Crippen LogP contribution in [0.25, 0.3) is 0 Å². The second kappa shape index (κ2) is 10.9. The zero-order valence-corrected chi connectivity index (χ0v) is 19.6. The fraction of sp³-hybridized carbons (Fsp3) is 0.391. The highest BCUT2D eigenvalue weighted by Gasteiger charge is 2.24. The topological polar surface area (TPSA) is 95.6 Å². The van der Waals surface area contributed by atoms with E-state index in [0.29, 0.717) is 40.8 Å². The molecule has 2 aromatic rings. The van der Waals surface area contributed by atoms with Gasteiger partial charge in [0.15, 0.2) is 0 Å². The van der Waals surface area contributed by atoms with Gasteiger partial charge < -0.3 is 10.6 Å². The molecule has 32 heavy (non-hydrogen) atoms. The first-order valence-electron chi connectivity index (χ1n) is 10.7. The van der Waals surface area contributed by atoms with E-state index in [1.165, 1.54) is 6.92 Å². The van der Waals surface area contributed by atoms with Gasteiger partial charge in [-0.1, -0.05) is 36.6 Å². The molecule has 3 rings (SSSR count). The number of nitrogens with zero attached hydrogens (tertiary/aromatic N) is 1. The molecule has 0 saturated carbocycles. The first kappa shape index (κ1) is 24.2. The number of carbonyl (C=O) groups is 2. The van der Waals surface area contributed by atoms with E-state index >= 15 is 0 Å². The van der Waals surface area contributed by atoms with Crippen LogP contribution in [0.4, 0.5) is 11.4 Å². The molecule has 0 aliphatic carbocycles. The summed E-state index contributed by atoms with van der Waals surface area (Å²) in [6.45, 7) is 2.54. The van der Waals surface area contributed by atoms with Crippen molar-refractivity contribution in [3.8, 4) is 0 Å². The van der Waals surface area contributed by atoms with E-state index in [0.717, 1.165) is 31.2 Å². The van der Waals surface area contributed by atoms with Crippen LogP contribution in [-0.2, 0) is 26.0 Å². The number of sulfonamides is 1. The molecule has 1 fully saturated rings. The second-order valence-electron chi connectivity index (χ2n) is 7.89. The molecule has 9 heteroatoms. The Labute approximate surface area is 194 Å². The lowest BCUT2D eigenvalue weighted by Crippen LogP contribution is -2.31. The number of benzene rings is 2. The van der Waals surface area contributed by atoms with E-state index in [1.54, 1.807) is 46.8 Å². The van der Waals surface area contributed by atoms with Crippen molar-refractivity contribution >= 4 is 44.8 Å². The Morgan fingerprint density at radius 2 is 1.62 bits per heavy atom. The first-order chi connectivity index (χ1) is 15.3. The summed E-state index contributed by atoms with van der Waals surface area (Å²) in [4.78, 5) is 23.7. The molecule has 2 aromatic carbocycles. The largest absolute Gasteiger partial charge is 0.326 e. The number of anilines is 2. The van der Waals surface area contributed by atoms with Gasteiger partial charge in [-0.05, 0) is 55.2 Å². The Kier molecular flexibility index (Phi) is 8.28. The average molecular weight is 478 g/mol. The van der Waals surface area contributed by atoms with Crippen LogP contribution in [0.3, 0.4) is 0 Å². The highest BCUT2D eigenvalue weighted by Crippen LogP contribution is 2.26. The summed E-state index contributed by atoms with van der Waals surface area (Å²) in [7, 11) is -3.48. The molecule has 0 atom stereocenters. The SMILES string of the molecule is CC(=O)Nc1ccc(NC(=O)CCc2ccc(S(=O)(=O)N3CCCCCC3)cc2)c(Cl)c1. The zero-order valence-electron chi connectivity index (χ0n) is 18.1. The third-order valence-electron chi connectivity index (χ3n) is 5.33. The summed E-state index contributed by atoms with van der Waals surface area (Å²) in [6.07, 6.45) is 4.62. The van der Waals surface area contributed by atoms with Crippen molar-refractivity contribution in [2.75, 3.05) is 23.7 Å². The maximum Gasteiger partial charge on any atom is 0.243 e. The summed E-state index contributed by atoms with van der Waals surface area (Å²) < 4.78 is 27.3. The molecule has 1 heterocycles. The minimum absolute atomic E-state index is 0.205. The molecule has 0 aromatic heterocycles. The third kappa shape index (κ3) is 6.54. The zero-order chi connectivity index (χ0) is 23.1. The van der Waals surface area contributed by atoms with Gasteiger partial charge >= 0.3 is 0 Å². The van der Waals surface area contributed by atoms with E-state index in [9.17, 15) is 18.0 Å². The van der Waals surface area contributed by atoms with E-state index in [1.807, 2.05) is 0 Å². The number of halogens is 1. The van der Waals surface area contributed by atoms with Crippen LogP contribution in [0.15, 0.2) is 47.4 Å². The predicted octanol–water partition coefficient (Wildman–Crippen LogP) is 4.43. The molecule has 0 unspecified atom stereocenters. The van der Waals surface area contributed by atoms with Crippen molar-refractivity contribution in [2.24, 2.45) is 0 Å². The summed E-state index contributed by atoms with van der Waals surface area (Å²) in [5, 5.41) is 5.72. The van der Waals surface area contributed by atoms with E-state index in [-0.39, 0.29) is 18.2 Å². The molecule has 0 radical (unpaired) electrons. The highest BCUT2D eigenvalue weighted by molar-refractivity contribution is 7.89. The van der Waals surface area contributed by atoms with Gasteiger partial charge in [0, 0.05) is 32.1 Å². The Morgan fingerprint density at radius 3 is 2.22 bits per heavy atom. The van der Waals surface area contributed by atoms with Crippen molar-refractivity contribution in [3.05, 3.63) is 53.1 Å². The van der Waals surface area contributed by atoms with Crippen LogP contribution in [-0.4, -0.2) is 37.6 Å². The van der Waals surface area contributed by atoms with E-state index < -0.39 is 10.0 Å². The van der Waals surface area contributed by atoms with Crippen LogP contribution >= 0.6 is 11.6 Å². The fourth-order valence-corrected chi connectivity index (χ4v) is 5.37. The van der Waals surface area contributed by atoms with E-state index in [4.69, 9.17) is 11.6 Å². The lowest BCUT2D eigenvalue weighted by atomic mass is 10.1. The Hall–Kier alpha value is -2.42. The average Bonchev–Trinajstić information content (AvgIpc) is 3.04. The van der Waals surface area contributed by atoms with E-state index in [2.05, 4.69) is 10.6 Å². The van der Waals surface area contributed by atoms with Gasteiger partial charge in [0.1, 0.15) is 0 Å². The van der Waals surface area contributed by atoms with Crippen molar-refractivity contribution in [1.82, 2.24) is 4.31 Å². The number of hydrogen-bond donors (Lipinski definition) is 2. The second-order valence-corrected chi connectivity index (χ2v) is 10.2. The van der Waals surface area contributed by atoms with Gasteiger partial charge in [-0.3, -0.25) is 9.59 Å². The molecular formula is C23H28ClN3O4S. The first-order valence-corrected chi connectivity index (χ1v) is 12.5. The van der Waals surface area contributed by atoms with Gasteiger partial charge in [-0.25, -0.2) is 8.42 Å². The predicted molar refractivity (Wildman–Crippen MR) is 126 cm³/mol. The third-order valence-corrected chi connectivity index (χ3v) is 7.56. The van der Waals surface area contributed by atoms with Crippen molar-refractivity contribution < 1.29 is 18.0 Å². The van der Waals surface area contributed by atoms with Gasteiger partial charge in [0.25, 0.3) is 0 Å². The molecule has 1 aliphatic heterocycles. The number of carbonyl (C=O) groups excluding carboxylic acids is 2. The summed E-state index contributed by atoms with van der Waals surface area (Å²) in [5.41, 5.74) is 1.89. The van der Waals surface area contributed by atoms with Crippen LogP contribution in [0.5, 0.6) is 0 Å². The van der Waals surface area contributed by atoms with Crippen molar-refractivity contribution in [2.45, 2.75) is 50.3 Å². The van der Waals surface area contributed by atoms with Gasteiger partial charge in [-0.2, -0.15) is 4.31 Å². The Balaban J connectivity index is 1.56. The molecule has 7 nitrogen and oxygen atoms in total. The van der Waals surface area contributed by atoms with Gasteiger partial charge in [0.05, 0.1) is 15.6 Å². The maximum absolute atomic E-state index is 12.9. The number of amides is 2. The smallest absolute Gasteiger partial charge is 0.243 e. The highest BCUT2D eigenvalue weighted by atomic mass is 35.5. The standard InChI is InChI=1S/C23H28ClN3O4S/c1-17(28)25-19-9-12-22(21(24)16-19)26-23(29)13-8-18-6-10-20(11-7-18)32(30,31)27-14-4-2-3-5-15-27/h6-7,9-12,16H,2-5,8,13-15H2,1H3,(H,25,28)(H,26,29). The minimum Gasteiger partial charge on any atom is -0.326 e. The minimum atomic E-state index is -3.48. The molecule has 0 spiro atoms. The van der Waals surface area contributed by atoms with Crippen molar-refractivity contribution in [1.29, 1.82) is 0 Å². The van der Waals surface area contributed by atoms with Crippen LogP contribution in [0.1, 0.15) is 44.6 Å². The van der Waals surface area contributed by atoms with Crippen molar-refractivity contribution in [3.63, 3.8) is 0 Å². The molecular weight excluding hydrogens is 450 g/mol. The number of nitrogens with one attached hydrogen (secondary N) is 2.